The van der Waals surface area contributed by atoms with Crippen LogP contribution < -0.4 is 14.4 Å². The van der Waals surface area contributed by atoms with Crippen molar-refractivity contribution in [1.82, 2.24) is 5.32 Å². The van der Waals surface area contributed by atoms with Crippen LogP contribution in [0, 0.1) is 5.82 Å². The highest BCUT2D eigenvalue weighted by Crippen LogP contribution is 2.32. The average Bonchev–Trinajstić information content (AvgIpc) is 2.64. The second kappa shape index (κ2) is 9.75. The largest absolute Gasteiger partial charge is 0.495 e. The predicted molar refractivity (Wildman–Crippen MR) is 108 cm³/mol. The first-order chi connectivity index (χ1) is 13.2. The van der Waals surface area contributed by atoms with E-state index in [2.05, 4.69) is 5.32 Å². The van der Waals surface area contributed by atoms with Crippen LogP contribution >= 0.6 is 11.6 Å². The molecule has 0 bridgehead atoms. The van der Waals surface area contributed by atoms with Gasteiger partial charge in [0.2, 0.25) is 15.9 Å². The Hall–Kier alpha value is -2.32. The number of carbonyl (C=O) groups excluding carboxylic acids is 1. The fourth-order valence-corrected chi connectivity index (χ4v) is 3.61. The van der Waals surface area contributed by atoms with E-state index in [1.165, 1.54) is 31.4 Å². The maximum absolute atomic E-state index is 12.9. The van der Waals surface area contributed by atoms with E-state index in [0.29, 0.717) is 30.2 Å². The monoisotopic (exact) mass is 428 g/mol. The molecule has 0 fully saturated rings. The van der Waals surface area contributed by atoms with Crippen LogP contribution in [0.25, 0.3) is 0 Å². The van der Waals surface area contributed by atoms with Crippen LogP contribution in [0.3, 0.4) is 0 Å². The number of anilines is 1. The van der Waals surface area contributed by atoms with Crippen molar-refractivity contribution in [2.24, 2.45) is 0 Å². The molecule has 0 aromatic heterocycles. The number of ether oxygens (including phenoxy) is 1. The second-order valence-electron chi connectivity index (χ2n) is 6.17. The summed E-state index contributed by atoms with van der Waals surface area (Å²) in [6, 6.07) is 10.7. The standard InChI is InChI=1S/C19H22ClFN2O4S/c1-27-18-10-7-15(20)12-17(18)23(28(2,25)26)13-19(24)22-11-3-4-14-5-8-16(21)9-6-14/h5-10,12H,3-4,11,13H2,1-2H3,(H,22,24). The highest BCUT2D eigenvalue weighted by atomic mass is 35.5. The predicted octanol–water partition coefficient (Wildman–Crippen LogP) is 3.00. The van der Waals surface area contributed by atoms with Crippen molar-refractivity contribution in [3.63, 3.8) is 0 Å². The van der Waals surface area contributed by atoms with Crippen LogP contribution in [0.5, 0.6) is 5.75 Å². The summed E-state index contributed by atoms with van der Waals surface area (Å²) in [6.45, 7) is -0.0351. The van der Waals surface area contributed by atoms with Crippen molar-refractivity contribution in [3.05, 3.63) is 58.9 Å². The van der Waals surface area contributed by atoms with Gasteiger partial charge in [-0.15, -0.1) is 0 Å². The molecule has 1 amide bonds. The van der Waals surface area contributed by atoms with Crippen LogP contribution in [0.1, 0.15) is 12.0 Å². The number of methoxy groups -OCH3 is 1. The van der Waals surface area contributed by atoms with Gasteiger partial charge in [-0.05, 0) is 48.7 Å². The van der Waals surface area contributed by atoms with Gasteiger partial charge in [-0.3, -0.25) is 9.10 Å². The van der Waals surface area contributed by atoms with Crippen molar-refractivity contribution < 1.29 is 22.3 Å². The number of rotatable bonds is 9. The van der Waals surface area contributed by atoms with Crippen molar-refractivity contribution >= 4 is 33.2 Å². The molecular weight excluding hydrogens is 407 g/mol. The number of halogens is 2. The molecule has 0 saturated heterocycles. The van der Waals surface area contributed by atoms with Gasteiger partial charge < -0.3 is 10.1 Å². The zero-order valence-corrected chi connectivity index (χ0v) is 17.2. The van der Waals surface area contributed by atoms with Crippen molar-refractivity contribution in [2.75, 3.05) is 30.8 Å². The minimum atomic E-state index is -3.74. The van der Waals surface area contributed by atoms with Crippen LogP contribution in [0.4, 0.5) is 10.1 Å². The summed E-state index contributed by atoms with van der Waals surface area (Å²) in [7, 11) is -2.34. The Morgan fingerprint density at radius 2 is 1.89 bits per heavy atom. The summed E-state index contributed by atoms with van der Waals surface area (Å²) in [6.07, 6.45) is 2.31. The van der Waals surface area contributed by atoms with E-state index >= 15 is 0 Å². The first kappa shape index (κ1) is 22.0. The third-order valence-electron chi connectivity index (χ3n) is 3.97. The topological polar surface area (TPSA) is 75.7 Å². The van der Waals surface area contributed by atoms with Gasteiger partial charge >= 0.3 is 0 Å². The number of sulfonamides is 1. The number of nitrogens with zero attached hydrogens (tertiary/aromatic N) is 1. The number of nitrogens with one attached hydrogen (secondary N) is 1. The van der Waals surface area contributed by atoms with Gasteiger partial charge in [-0.2, -0.15) is 0 Å². The normalized spacial score (nSPS) is 11.1. The van der Waals surface area contributed by atoms with E-state index < -0.39 is 22.5 Å². The van der Waals surface area contributed by atoms with Gasteiger partial charge in [-0.1, -0.05) is 23.7 Å². The molecule has 0 unspecified atom stereocenters. The quantitative estimate of drug-likeness (QED) is 0.623. The number of hydrogen-bond acceptors (Lipinski definition) is 4. The molecule has 0 aliphatic rings. The van der Waals surface area contributed by atoms with E-state index in [0.717, 1.165) is 16.1 Å². The summed E-state index contributed by atoms with van der Waals surface area (Å²) in [5.74, 6) is -0.458. The molecule has 2 aromatic rings. The highest BCUT2D eigenvalue weighted by molar-refractivity contribution is 7.92. The Morgan fingerprint density at radius 1 is 1.21 bits per heavy atom. The van der Waals surface area contributed by atoms with Crippen LogP contribution in [-0.2, 0) is 21.2 Å². The molecule has 152 valence electrons. The van der Waals surface area contributed by atoms with E-state index in [4.69, 9.17) is 16.3 Å². The zero-order valence-electron chi connectivity index (χ0n) is 15.6. The third-order valence-corrected chi connectivity index (χ3v) is 5.34. The molecule has 0 spiro atoms. The van der Waals surface area contributed by atoms with Gasteiger partial charge in [0.1, 0.15) is 18.1 Å². The fraction of sp³-hybridized carbons (Fsp3) is 0.316. The molecule has 0 aliphatic heterocycles. The lowest BCUT2D eigenvalue weighted by molar-refractivity contribution is -0.119. The molecule has 0 radical (unpaired) electrons. The second-order valence-corrected chi connectivity index (χ2v) is 8.51. The summed E-state index contributed by atoms with van der Waals surface area (Å²) >= 11 is 5.97. The van der Waals surface area contributed by atoms with Gasteiger partial charge in [0.05, 0.1) is 19.1 Å². The van der Waals surface area contributed by atoms with Gasteiger partial charge in [0, 0.05) is 11.6 Å². The van der Waals surface area contributed by atoms with Crippen LogP contribution in [0.2, 0.25) is 5.02 Å². The van der Waals surface area contributed by atoms with Crippen LogP contribution in [-0.4, -0.2) is 40.8 Å². The molecule has 6 nitrogen and oxygen atoms in total. The molecule has 0 aliphatic carbocycles. The molecule has 2 aromatic carbocycles. The van der Waals surface area contributed by atoms with Gasteiger partial charge in [0.15, 0.2) is 0 Å². The maximum atomic E-state index is 12.9. The van der Waals surface area contributed by atoms with Crippen molar-refractivity contribution in [3.8, 4) is 5.75 Å². The SMILES string of the molecule is COc1ccc(Cl)cc1N(CC(=O)NCCCc1ccc(F)cc1)S(C)(=O)=O. The maximum Gasteiger partial charge on any atom is 0.240 e. The average molecular weight is 429 g/mol. The number of benzene rings is 2. The lowest BCUT2D eigenvalue weighted by atomic mass is 10.1. The molecule has 1 N–H and O–H groups in total. The summed E-state index contributed by atoms with van der Waals surface area (Å²) in [5, 5.41) is 3.02. The van der Waals surface area contributed by atoms with E-state index in [9.17, 15) is 17.6 Å². The number of aryl methyl sites for hydroxylation is 1. The lowest BCUT2D eigenvalue weighted by Crippen LogP contribution is -2.40. The smallest absolute Gasteiger partial charge is 0.240 e. The molecule has 2 rings (SSSR count). The number of hydrogen-bond donors (Lipinski definition) is 1. The lowest BCUT2D eigenvalue weighted by Gasteiger charge is -2.24. The Kier molecular flexibility index (Phi) is 7.65. The van der Waals surface area contributed by atoms with Gasteiger partial charge in [0.25, 0.3) is 0 Å². The fourth-order valence-electron chi connectivity index (χ4n) is 2.60. The molecule has 0 saturated carbocycles. The Morgan fingerprint density at radius 3 is 2.50 bits per heavy atom. The van der Waals surface area contributed by atoms with E-state index in [1.807, 2.05) is 0 Å². The third kappa shape index (κ3) is 6.38. The first-order valence-corrected chi connectivity index (χ1v) is 10.8. The van der Waals surface area contributed by atoms with Crippen molar-refractivity contribution in [1.29, 1.82) is 0 Å². The molecule has 0 atom stereocenters. The Bertz CT molecular complexity index is 920. The van der Waals surface area contributed by atoms with Crippen LogP contribution in [0.15, 0.2) is 42.5 Å². The molecule has 28 heavy (non-hydrogen) atoms. The highest BCUT2D eigenvalue weighted by Gasteiger charge is 2.24. The summed E-state index contributed by atoms with van der Waals surface area (Å²) < 4.78 is 43.4. The zero-order chi connectivity index (χ0) is 20.7. The summed E-state index contributed by atoms with van der Waals surface area (Å²) in [4.78, 5) is 12.3. The molecule has 9 heteroatoms. The molecule has 0 heterocycles. The number of carbonyl (C=O) groups is 1. The molecular formula is C19H22ClFN2O4S. The van der Waals surface area contributed by atoms with Gasteiger partial charge in [-0.25, -0.2) is 12.8 Å². The van der Waals surface area contributed by atoms with E-state index in [-0.39, 0.29) is 11.5 Å². The van der Waals surface area contributed by atoms with E-state index in [1.54, 1.807) is 18.2 Å². The Balaban J connectivity index is 1.98. The number of amides is 1. The first-order valence-electron chi connectivity index (χ1n) is 8.53. The van der Waals surface area contributed by atoms with Crippen molar-refractivity contribution in [2.45, 2.75) is 12.8 Å². The minimum absolute atomic E-state index is 0.193. The summed E-state index contributed by atoms with van der Waals surface area (Å²) in [5.41, 5.74) is 1.15. The Labute approximate surface area is 169 Å². The minimum Gasteiger partial charge on any atom is -0.495 e.